The van der Waals surface area contributed by atoms with Gasteiger partial charge in [0.25, 0.3) is 0 Å². The van der Waals surface area contributed by atoms with Gasteiger partial charge in [-0.3, -0.25) is 5.10 Å². The molecule has 0 unspecified atom stereocenters. The fraction of sp³-hybridized carbons (Fsp3) is 0.520. The third kappa shape index (κ3) is 5.08. The summed E-state index contributed by atoms with van der Waals surface area (Å²) in [6, 6.07) is 5.96. The van der Waals surface area contributed by atoms with Gasteiger partial charge in [0.15, 0.2) is 11.5 Å². The molecule has 0 aliphatic carbocycles. The highest BCUT2D eigenvalue weighted by Gasteiger charge is 2.25. The zero-order chi connectivity index (χ0) is 23.4. The fourth-order valence-electron chi connectivity index (χ4n) is 4.53. The van der Waals surface area contributed by atoms with Crippen molar-refractivity contribution in [3.8, 4) is 33.5 Å². The maximum Gasteiger partial charge on any atom is 0.161 e. The Hall–Kier alpha value is -2.42. The summed E-state index contributed by atoms with van der Waals surface area (Å²) in [5.41, 5.74) is 4.15. The smallest absolute Gasteiger partial charge is 0.161 e. The minimum Gasteiger partial charge on any atom is -0.493 e. The van der Waals surface area contributed by atoms with E-state index < -0.39 is 0 Å². The van der Waals surface area contributed by atoms with Crippen LogP contribution in [0.2, 0.25) is 0 Å². The molecule has 2 aromatic heterocycles. The van der Waals surface area contributed by atoms with Crippen LogP contribution >= 0.6 is 11.3 Å². The molecule has 1 saturated heterocycles. The Morgan fingerprint density at radius 3 is 2.55 bits per heavy atom. The lowest BCUT2D eigenvalue weighted by Crippen LogP contribution is -2.35. The molecule has 7 nitrogen and oxygen atoms in total. The molecule has 1 aromatic carbocycles. The molecule has 178 valence electrons. The van der Waals surface area contributed by atoms with Gasteiger partial charge in [-0.05, 0) is 56.0 Å². The van der Waals surface area contributed by atoms with Crippen molar-refractivity contribution < 1.29 is 14.2 Å². The number of ether oxygens (including phenoxy) is 3. The molecule has 4 rings (SSSR count). The molecule has 1 aliphatic heterocycles. The number of likely N-dealkylation sites (tertiary alicyclic amines) is 1. The number of hydrogen-bond donors (Lipinski definition) is 1. The number of piperidine rings is 1. The summed E-state index contributed by atoms with van der Waals surface area (Å²) < 4.78 is 16.1. The van der Waals surface area contributed by atoms with Gasteiger partial charge >= 0.3 is 0 Å². The van der Waals surface area contributed by atoms with Crippen LogP contribution in [0.1, 0.15) is 49.0 Å². The molecule has 0 bridgehead atoms. The van der Waals surface area contributed by atoms with Crippen molar-refractivity contribution in [2.24, 2.45) is 0 Å². The number of hydrogen-bond acceptors (Lipinski definition) is 7. The first-order valence-electron chi connectivity index (χ1n) is 11.5. The van der Waals surface area contributed by atoms with E-state index in [2.05, 4.69) is 30.0 Å². The number of aromatic nitrogens is 3. The average Bonchev–Trinajstić information content (AvgIpc) is 3.50. The third-order valence-electron chi connectivity index (χ3n) is 6.38. The van der Waals surface area contributed by atoms with Gasteiger partial charge in [0.05, 0.1) is 26.5 Å². The minimum absolute atomic E-state index is 0.290. The second-order valence-electron chi connectivity index (χ2n) is 8.76. The van der Waals surface area contributed by atoms with Crippen molar-refractivity contribution in [3.63, 3.8) is 0 Å². The van der Waals surface area contributed by atoms with Crippen LogP contribution in [0.15, 0.2) is 24.4 Å². The molecule has 0 atom stereocenters. The van der Waals surface area contributed by atoms with Crippen molar-refractivity contribution in [3.05, 3.63) is 34.8 Å². The molecule has 0 spiro atoms. The summed E-state index contributed by atoms with van der Waals surface area (Å²) in [6.07, 6.45) is 4.39. The summed E-state index contributed by atoms with van der Waals surface area (Å²) >= 11 is 1.78. The molecular weight excluding hydrogens is 436 g/mol. The van der Waals surface area contributed by atoms with Gasteiger partial charge in [-0.15, -0.1) is 11.3 Å². The highest BCUT2D eigenvalue weighted by Crippen LogP contribution is 2.41. The van der Waals surface area contributed by atoms with E-state index in [1.165, 1.54) is 23.3 Å². The predicted octanol–water partition coefficient (Wildman–Crippen LogP) is 5.17. The molecule has 1 aliphatic rings. The number of methoxy groups -OCH3 is 3. The molecule has 3 aromatic rings. The normalized spacial score (nSPS) is 15.3. The Kier molecular flexibility index (Phi) is 7.67. The maximum absolute atomic E-state index is 5.51. The first-order valence-corrected chi connectivity index (χ1v) is 12.3. The standard InChI is InChI=1S/C25H34N4O3S/c1-16(2)22-23(18-6-7-19(31-4)20(14-18)32-5)27-28-24(22)25-26-15-21(33-25)17-8-10-29(11-9-17)12-13-30-3/h6-7,14-17H,8-13H2,1-5H3,(H,27,28). The summed E-state index contributed by atoms with van der Waals surface area (Å²) in [6.45, 7) is 8.44. The molecular formula is C25H34N4O3S. The SMILES string of the molecule is COCCN1CCC(c2cnc(-c3n[nH]c(-c4ccc(OC)c(OC)c4)c3C(C)C)s2)CC1. The molecule has 0 amide bonds. The van der Waals surface area contributed by atoms with Crippen LogP contribution in [-0.4, -0.2) is 67.7 Å². The summed E-state index contributed by atoms with van der Waals surface area (Å²) in [4.78, 5) is 8.65. The number of aromatic amines is 1. The fourth-order valence-corrected chi connectivity index (χ4v) is 5.62. The quantitative estimate of drug-likeness (QED) is 0.465. The predicted molar refractivity (Wildman–Crippen MR) is 133 cm³/mol. The highest BCUT2D eigenvalue weighted by molar-refractivity contribution is 7.15. The lowest BCUT2D eigenvalue weighted by atomic mass is 9.96. The number of H-pyrrole nitrogens is 1. The minimum atomic E-state index is 0.290. The Balaban J connectivity index is 1.58. The Bertz CT molecular complexity index is 1050. The summed E-state index contributed by atoms with van der Waals surface area (Å²) in [7, 11) is 5.07. The first-order chi connectivity index (χ1) is 16.0. The Labute approximate surface area is 200 Å². The monoisotopic (exact) mass is 470 g/mol. The number of nitrogens with zero attached hydrogens (tertiary/aromatic N) is 3. The van der Waals surface area contributed by atoms with E-state index in [0.29, 0.717) is 23.3 Å². The van der Waals surface area contributed by atoms with Crippen LogP contribution in [0.3, 0.4) is 0 Å². The number of benzene rings is 1. The van der Waals surface area contributed by atoms with E-state index >= 15 is 0 Å². The molecule has 8 heteroatoms. The Morgan fingerprint density at radius 2 is 1.88 bits per heavy atom. The second kappa shape index (κ2) is 10.7. The van der Waals surface area contributed by atoms with Gasteiger partial charge in [-0.1, -0.05) is 13.8 Å². The van der Waals surface area contributed by atoms with Crippen molar-refractivity contribution in [1.82, 2.24) is 20.1 Å². The third-order valence-corrected chi connectivity index (χ3v) is 7.55. The van der Waals surface area contributed by atoms with Crippen LogP contribution in [0.4, 0.5) is 0 Å². The van der Waals surface area contributed by atoms with Crippen molar-refractivity contribution in [1.29, 1.82) is 0 Å². The second-order valence-corrected chi connectivity index (χ2v) is 9.82. The molecule has 0 saturated carbocycles. The van der Waals surface area contributed by atoms with Gasteiger partial charge < -0.3 is 19.1 Å². The molecule has 3 heterocycles. The average molecular weight is 471 g/mol. The van der Waals surface area contributed by atoms with Crippen LogP contribution < -0.4 is 9.47 Å². The van der Waals surface area contributed by atoms with Crippen LogP contribution in [0.5, 0.6) is 11.5 Å². The number of thiazole rings is 1. The largest absolute Gasteiger partial charge is 0.493 e. The molecule has 1 fully saturated rings. The summed E-state index contributed by atoms with van der Waals surface area (Å²) in [5.74, 6) is 2.28. The van der Waals surface area contributed by atoms with E-state index in [1.807, 2.05) is 18.2 Å². The lowest BCUT2D eigenvalue weighted by molar-refractivity contribution is 0.130. The zero-order valence-corrected chi connectivity index (χ0v) is 21.0. The van der Waals surface area contributed by atoms with E-state index in [9.17, 15) is 0 Å². The topological polar surface area (TPSA) is 72.5 Å². The van der Waals surface area contributed by atoms with Gasteiger partial charge in [-0.25, -0.2) is 4.98 Å². The molecule has 0 radical (unpaired) electrons. The van der Waals surface area contributed by atoms with Gasteiger partial charge in [0.1, 0.15) is 10.7 Å². The summed E-state index contributed by atoms with van der Waals surface area (Å²) in [5, 5.41) is 8.98. The highest BCUT2D eigenvalue weighted by atomic mass is 32.1. The first kappa shape index (κ1) is 23.7. The zero-order valence-electron chi connectivity index (χ0n) is 20.2. The molecule has 33 heavy (non-hydrogen) atoms. The molecule has 1 N–H and O–H groups in total. The van der Waals surface area contributed by atoms with Crippen molar-refractivity contribution >= 4 is 11.3 Å². The lowest BCUT2D eigenvalue weighted by Gasteiger charge is -2.31. The van der Waals surface area contributed by atoms with Crippen LogP contribution in [-0.2, 0) is 4.74 Å². The van der Waals surface area contributed by atoms with Gasteiger partial charge in [0.2, 0.25) is 0 Å². The van der Waals surface area contributed by atoms with E-state index in [0.717, 1.165) is 48.2 Å². The van der Waals surface area contributed by atoms with Gasteiger partial charge in [-0.2, -0.15) is 5.10 Å². The number of nitrogens with one attached hydrogen (secondary N) is 1. The van der Waals surface area contributed by atoms with Crippen LogP contribution in [0.25, 0.3) is 22.0 Å². The number of rotatable bonds is 9. The van der Waals surface area contributed by atoms with Crippen LogP contribution in [0, 0.1) is 0 Å². The van der Waals surface area contributed by atoms with Crippen molar-refractivity contribution in [2.45, 2.75) is 38.5 Å². The Morgan fingerprint density at radius 1 is 1.12 bits per heavy atom. The van der Waals surface area contributed by atoms with Gasteiger partial charge in [0, 0.05) is 35.9 Å². The van der Waals surface area contributed by atoms with E-state index in [-0.39, 0.29) is 0 Å². The van der Waals surface area contributed by atoms with E-state index in [1.54, 1.807) is 32.7 Å². The van der Waals surface area contributed by atoms with Crippen molar-refractivity contribution in [2.75, 3.05) is 47.6 Å². The maximum atomic E-state index is 5.51. The van der Waals surface area contributed by atoms with E-state index in [4.69, 9.17) is 24.3 Å².